The van der Waals surface area contributed by atoms with Gasteiger partial charge in [0.1, 0.15) is 0 Å². The highest BCUT2D eigenvalue weighted by Crippen LogP contribution is 2.13. The molecule has 0 radical (unpaired) electrons. The van der Waals surface area contributed by atoms with Crippen molar-refractivity contribution in [2.24, 2.45) is 0 Å². The zero-order chi connectivity index (χ0) is 11.7. The van der Waals surface area contributed by atoms with E-state index in [2.05, 4.69) is 5.32 Å². The highest BCUT2D eigenvalue weighted by molar-refractivity contribution is 5.78. The smallest absolute Gasteiger partial charge is 0.251 e. The van der Waals surface area contributed by atoms with E-state index in [0.717, 1.165) is 30.4 Å². The van der Waals surface area contributed by atoms with E-state index in [9.17, 15) is 4.79 Å². The molecule has 88 valence electrons. The van der Waals surface area contributed by atoms with Crippen molar-refractivity contribution < 1.29 is 0 Å². The van der Waals surface area contributed by atoms with Gasteiger partial charge in [0.25, 0.3) is 5.56 Å². The van der Waals surface area contributed by atoms with Crippen LogP contribution in [0, 0.1) is 0 Å². The van der Waals surface area contributed by atoms with E-state index in [-0.39, 0.29) is 5.56 Å². The van der Waals surface area contributed by atoms with Crippen LogP contribution in [0.4, 0.5) is 0 Å². The van der Waals surface area contributed by atoms with E-state index in [1.807, 2.05) is 34.9 Å². The van der Waals surface area contributed by atoms with Crippen molar-refractivity contribution in [2.45, 2.75) is 25.4 Å². The summed E-state index contributed by atoms with van der Waals surface area (Å²) in [5.74, 6) is 0. The molecule has 3 rings (SSSR count). The second-order valence-corrected chi connectivity index (χ2v) is 4.63. The SMILES string of the molecule is O=c1ccc2ccccc2n1C[C@@H]1CCCN1. The number of hydrogen-bond acceptors (Lipinski definition) is 2. The fraction of sp³-hybridized carbons (Fsp3) is 0.357. The molecule has 3 heteroatoms. The lowest BCUT2D eigenvalue weighted by atomic mass is 10.2. The van der Waals surface area contributed by atoms with Gasteiger partial charge in [0, 0.05) is 18.7 Å². The molecule has 1 aromatic heterocycles. The Labute approximate surface area is 100 Å². The van der Waals surface area contributed by atoms with Gasteiger partial charge in [0.05, 0.1) is 5.52 Å². The molecule has 17 heavy (non-hydrogen) atoms. The molecule has 0 saturated carbocycles. The number of hydrogen-bond donors (Lipinski definition) is 1. The van der Waals surface area contributed by atoms with Gasteiger partial charge in [-0.05, 0) is 36.9 Å². The van der Waals surface area contributed by atoms with Crippen LogP contribution >= 0.6 is 0 Å². The molecule has 0 amide bonds. The van der Waals surface area contributed by atoms with Crippen molar-refractivity contribution in [3.8, 4) is 0 Å². The van der Waals surface area contributed by atoms with Gasteiger partial charge in [-0.15, -0.1) is 0 Å². The Bertz CT molecular complexity index is 582. The fourth-order valence-corrected chi connectivity index (χ4v) is 2.57. The van der Waals surface area contributed by atoms with Gasteiger partial charge < -0.3 is 9.88 Å². The molecule has 1 N–H and O–H groups in total. The minimum absolute atomic E-state index is 0.0948. The maximum absolute atomic E-state index is 12.0. The molecule has 1 aromatic carbocycles. The van der Waals surface area contributed by atoms with Crippen molar-refractivity contribution in [3.05, 3.63) is 46.8 Å². The Morgan fingerprint density at radius 1 is 1.24 bits per heavy atom. The number of nitrogens with one attached hydrogen (secondary N) is 1. The molecule has 0 unspecified atom stereocenters. The number of rotatable bonds is 2. The van der Waals surface area contributed by atoms with Crippen LogP contribution in [0.2, 0.25) is 0 Å². The van der Waals surface area contributed by atoms with Crippen molar-refractivity contribution >= 4 is 10.9 Å². The third kappa shape index (κ3) is 1.98. The number of aromatic nitrogens is 1. The molecule has 0 aliphatic carbocycles. The van der Waals surface area contributed by atoms with Gasteiger partial charge in [0.15, 0.2) is 0 Å². The molecule has 2 heterocycles. The lowest BCUT2D eigenvalue weighted by Gasteiger charge is -2.14. The molecule has 1 fully saturated rings. The van der Waals surface area contributed by atoms with Crippen LogP contribution in [0.1, 0.15) is 12.8 Å². The van der Waals surface area contributed by atoms with Gasteiger partial charge in [0.2, 0.25) is 0 Å². The summed E-state index contributed by atoms with van der Waals surface area (Å²) in [6.45, 7) is 1.85. The highest BCUT2D eigenvalue weighted by Gasteiger charge is 2.15. The average molecular weight is 228 g/mol. The first kappa shape index (κ1) is 10.5. The van der Waals surface area contributed by atoms with Crippen LogP contribution < -0.4 is 10.9 Å². The molecule has 2 aromatic rings. The number of benzene rings is 1. The first-order valence-electron chi connectivity index (χ1n) is 6.16. The number of pyridine rings is 1. The molecular formula is C14H16N2O. The minimum atomic E-state index is 0.0948. The number of para-hydroxylation sites is 1. The molecule has 1 saturated heterocycles. The van der Waals surface area contributed by atoms with Gasteiger partial charge in [-0.2, -0.15) is 0 Å². The van der Waals surface area contributed by atoms with E-state index in [4.69, 9.17) is 0 Å². The normalized spacial score (nSPS) is 19.9. The summed E-state index contributed by atoms with van der Waals surface area (Å²) in [7, 11) is 0. The third-order valence-electron chi connectivity index (χ3n) is 3.46. The first-order valence-corrected chi connectivity index (χ1v) is 6.16. The van der Waals surface area contributed by atoms with Crippen molar-refractivity contribution in [2.75, 3.05) is 6.54 Å². The predicted octanol–water partition coefficient (Wildman–Crippen LogP) is 1.75. The summed E-state index contributed by atoms with van der Waals surface area (Å²) in [4.78, 5) is 12.0. The van der Waals surface area contributed by atoms with E-state index in [1.165, 1.54) is 6.42 Å². The van der Waals surface area contributed by atoms with Gasteiger partial charge in [-0.3, -0.25) is 4.79 Å². The lowest BCUT2D eigenvalue weighted by molar-refractivity contribution is 0.510. The van der Waals surface area contributed by atoms with Crippen molar-refractivity contribution in [1.29, 1.82) is 0 Å². The van der Waals surface area contributed by atoms with E-state index in [1.54, 1.807) is 6.07 Å². The lowest BCUT2D eigenvalue weighted by Crippen LogP contribution is -2.32. The topological polar surface area (TPSA) is 34.0 Å². The van der Waals surface area contributed by atoms with Gasteiger partial charge in [-0.25, -0.2) is 0 Å². The molecule has 0 spiro atoms. The van der Waals surface area contributed by atoms with E-state index in [0.29, 0.717) is 6.04 Å². The van der Waals surface area contributed by atoms with Crippen LogP contribution in [0.5, 0.6) is 0 Å². The fourth-order valence-electron chi connectivity index (χ4n) is 2.57. The first-order chi connectivity index (χ1) is 8.34. The van der Waals surface area contributed by atoms with Crippen LogP contribution in [-0.2, 0) is 6.54 Å². The molecule has 1 atom stereocenters. The van der Waals surface area contributed by atoms with E-state index < -0.39 is 0 Å². The minimum Gasteiger partial charge on any atom is -0.312 e. The second-order valence-electron chi connectivity index (χ2n) is 4.63. The summed E-state index contributed by atoms with van der Waals surface area (Å²) in [5.41, 5.74) is 1.13. The zero-order valence-electron chi connectivity index (χ0n) is 9.73. The van der Waals surface area contributed by atoms with Crippen LogP contribution in [0.25, 0.3) is 10.9 Å². The van der Waals surface area contributed by atoms with Crippen LogP contribution in [0.3, 0.4) is 0 Å². The predicted molar refractivity (Wildman–Crippen MR) is 69.2 cm³/mol. The zero-order valence-corrected chi connectivity index (χ0v) is 9.73. The van der Waals surface area contributed by atoms with Gasteiger partial charge in [-0.1, -0.05) is 18.2 Å². The standard InChI is InChI=1S/C14H16N2O/c17-14-8-7-11-4-1-2-6-13(11)16(14)10-12-5-3-9-15-12/h1-2,4,6-8,12,15H,3,5,9-10H2/t12-/m0/s1. The average Bonchev–Trinajstić information content (AvgIpc) is 2.86. The maximum Gasteiger partial charge on any atom is 0.251 e. The third-order valence-corrected chi connectivity index (χ3v) is 3.46. The Kier molecular flexibility index (Phi) is 2.69. The van der Waals surface area contributed by atoms with Gasteiger partial charge >= 0.3 is 0 Å². The summed E-state index contributed by atoms with van der Waals surface area (Å²) in [5, 5.41) is 4.57. The Balaban J connectivity index is 2.06. The highest BCUT2D eigenvalue weighted by atomic mass is 16.1. The van der Waals surface area contributed by atoms with Crippen LogP contribution in [-0.4, -0.2) is 17.2 Å². The Morgan fingerprint density at radius 3 is 2.94 bits per heavy atom. The van der Waals surface area contributed by atoms with Crippen molar-refractivity contribution in [1.82, 2.24) is 9.88 Å². The Morgan fingerprint density at radius 2 is 2.12 bits per heavy atom. The summed E-state index contributed by atoms with van der Waals surface area (Å²) in [6, 6.07) is 12.1. The summed E-state index contributed by atoms with van der Waals surface area (Å²) >= 11 is 0. The van der Waals surface area contributed by atoms with Crippen molar-refractivity contribution in [3.63, 3.8) is 0 Å². The molecule has 1 aliphatic rings. The molecule has 0 bridgehead atoms. The number of nitrogens with zero attached hydrogens (tertiary/aromatic N) is 1. The molecule has 1 aliphatic heterocycles. The second kappa shape index (κ2) is 4.34. The molecular weight excluding hydrogens is 212 g/mol. The maximum atomic E-state index is 12.0. The Hall–Kier alpha value is -1.61. The monoisotopic (exact) mass is 228 g/mol. The largest absolute Gasteiger partial charge is 0.312 e. The number of fused-ring (bicyclic) bond motifs is 1. The summed E-state index contributed by atoms with van der Waals surface area (Å²) in [6.07, 6.45) is 2.37. The van der Waals surface area contributed by atoms with E-state index >= 15 is 0 Å². The van der Waals surface area contributed by atoms with Crippen LogP contribution in [0.15, 0.2) is 41.2 Å². The summed E-state index contributed by atoms with van der Waals surface area (Å²) < 4.78 is 1.89. The quantitative estimate of drug-likeness (QED) is 0.849. The molecule has 3 nitrogen and oxygen atoms in total.